The van der Waals surface area contributed by atoms with E-state index in [1.54, 1.807) is 0 Å². The molecule has 152 valence electrons. The SMILES string of the molecule is CN(CC(=O)Nc1ccc(Cl)c(C(F)(F)F)c1)S(=O)(=O)c1cc(F)ccc1F. The van der Waals surface area contributed by atoms with E-state index >= 15 is 0 Å². The molecule has 0 aliphatic heterocycles. The minimum atomic E-state index is -4.76. The first-order valence-electron chi connectivity index (χ1n) is 7.40. The molecule has 0 saturated heterocycles. The van der Waals surface area contributed by atoms with Crippen molar-refractivity contribution in [1.82, 2.24) is 4.31 Å². The lowest BCUT2D eigenvalue weighted by Crippen LogP contribution is -2.35. The van der Waals surface area contributed by atoms with Gasteiger partial charge in [0.15, 0.2) is 0 Å². The Balaban J connectivity index is 2.18. The molecule has 12 heteroatoms. The molecule has 0 aromatic heterocycles. The van der Waals surface area contributed by atoms with E-state index in [0.29, 0.717) is 22.5 Å². The van der Waals surface area contributed by atoms with Crippen molar-refractivity contribution in [3.63, 3.8) is 0 Å². The Hall–Kier alpha value is -2.24. The Morgan fingerprint density at radius 2 is 1.79 bits per heavy atom. The third-order valence-corrected chi connectivity index (χ3v) is 5.65. The Bertz CT molecular complexity index is 1010. The number of likely N-dealkylation sites (N-methyl/N-ethyl adjacent to an activating group) is 1. The largest absolute Gasteiger partial charge is 0.417 e. The lowest BCUT2D eigenvalue weighted by Gasteiger charge is -2.18. The van der Waals surface area contributed by atoms with Gasteiger partial charge in [-0.25, -0.2) is 17.2 Å². The van der Waals surface area contributed by atoms with Gasteiger partial charge in [0.1, 0.15) is 16.5 Å². The second-order valence-corrected chi connectivity index (χ2v) is 8.00. The summed E-state index contributed by atoms with van der Waals surface area (Å²) in [6, 6.07) is 4.38. The van der Waals surface area contributed by atoms with Gasteiger partial charge in [-0.05, 0) is 36.4 Å². The van der Waals surface area contributed by atoms with Crippen LogP contribution in [-0.2, 0) is 21.0 Å². The number of benzene rings is 2. The zero-order chi connectivity index (χ0) is 21.3. The lowest BCUT2D eigenvalue weighted by atomic mass is 10.2. The molecule has 1 N–H and O–H groups in total. The Kier molecular flexibility index (Phi) is 6.31. The van der Waals surface area contributed by atoms with Crippen LogP contribution in [0.1, 0.15) is 5.56 Å². The van der Waals surface area contributed by atoms with Gasteiger partial charge in [-0.15, -0.1) is 0 Å². The van der Waals surface area contributed by atoms with E-state index in [1.165, 1.54) is 0 Å². The van der Waals surface area contributed by atoms with E-state index in [4.69, 9.17) is 11.6 Å². The first-order chi connectivity index (χ1) is 12.8. The molecule has 0 unspecified atom stereocenters. The standard InChI is InChI=1S/C16H12ClF5N2O3S/c1-24(28(26,27)14-6-9(18)2-5-13(14)19)8-15(25)23-10-3-4-12(17)11(7-10)16(20,21)22/h2-7H,8H2,1H3,(H,23,25). The summed E-state index contributed by atoms with van der Waals surface area (Å²) in [6.07, 6.45) is -4.76. The first kappa shape index (κ1) is 22.1. The molecule has 5 nitrogen and oxygen atoms in total. The maximum absolute atomic E-state index is 13.7. The van der Waals surface area contributed by atoms with Gasteiger partial charge in [0.2, 0.25) is 15.9 Å². The summed E-state index contributed by atoms with van der Waals surface area (Å²) >= 11 is 5.47. The molecule has 0 aliphatic rings. The van der Waals surface area contributed by atoms with E-state index in [2.05, 4.69) is 5.32 Å². The van der Waals surface area contributed by atoms with Gasteiger partial charge < -0.3 is 5.32 Å². The normalized spacial score (nSPS) is 12.3. The predicted molar refractivity (Wildman–Crippen MR) is 91.3 cm³/mol. The monoisotopic (exact) mass is 442 g/mol. The van der Waals surface area contributed by atoms with E-state index < -0.39 is 55.8 Å². The Labute approximate surface area is 161 Å². The molecule has 2 aromatic carbocycles. The van der Waals surface area contributed by atoms with Gasteiger partial charge in [0.05, 0.1) is 17.1 Å². The van der Waals surface area contributed by atoms with Gasteiger partial charge in [-0.3, -0.25) is 4.79 Å². The van der Waals surface area contributed by atoms with Crippen LogP contribution in [-0.4, -0.2) is 32.2 Å². The van der Waals surface area contributed by atoms with Gasteiger partial charge in [-0.1, -0.05) is 11.6 Å². The smallest absolute Gasteiger partial charge is 0.325 e. The molecule has 0 bridgehead atoms. The van der Waals surface area contributed by atoms with Crippen LogP contribution in [0.25, 0.3) is 0 Å². The van der Waals surface area contributed by atoms with Crippen molar-refractivity contribution in [2.24, 2.45) is 0 Å². The Morgan fingerprint density at radius 3 is 2.39 bits per heavy atom. The maximum Gasteiger partial charge on any atom is 0.417 e. The lowest BCUT2D eigenvalue weighted by molar-refractivity contribution is -0.137. The quantitative estimate of drug-likeness (QED) is 0.714. The fourth-order valence-corrected chi connectivity index (χ4v) is 3.57. The number of carbonyl (C=O) groups is 1. The predicted octanol–water partition coefficient (Wildman–Crippen LogP) is 3.90. The molecule has 0 aliphatic carbocycles. The average molecular weight is 443 g/mol. The van der Waals surface area contributed by atoms with E-state index in [1.807, 2.05) is 0 Å². The second-order valence-electron chi connectivity index (χ2n) is 5.58. The summed E-state index contributed by atoms with van der Waals surface area (Å²) in [5.74, 6) is -3.22. The number of amides is 1. The van der Waals surface area contributed by atoms with Crippen LogP contribution in [0.4, 0.5) is 27.6 Å². The minimum absolute atomic E-state index is 0.274. The topological polar surface area (TPSA) is 66.5 Å². The highest BCUT2D eigenvalue weighted by Gasteiger charge is 2.33. The molecule has 0 radical (unpaired) electrons. The molecule has 0 saturated carbocycles. The third-order valence-electron chi connectivity index (χ3n) is 3.50. The number of nitrogens with one attached hydrogen (secondary N) is 1. The summed E-state index contributed by atoms with van der Waals surface area (Å²) in [4.78, 5) is 11.0. The van der Waals surface area contributed by atoms with E-state index in [9.17, 15) is 35.2 Å². The van der Waals surface area contributed by atoms with Gasteiger partial charge in [0.25, 0.3) is 0 Å². The van der Waals surface area contributed by atoms with E-state index in [0.717, 1.165) is 25.2 Å². The van der Waals surface area contributed by atoms with Crippen molar-refractivity contribution in [3.8, 4) is 0 Å². The third kappa shape index (κ3) is 4.97. The van der Waals surface area contributed by atoms with Crippen LogP contribution in [0.2, 0.25) is 5.02 Å². The number of halogens is 6. The summed E-state index contributed by atoms with van der Waals surface area (Å²) < 4.78 is 90.5. The van der Waals surface area contributed by atoms with Crippen molar-refractivity contribution in [2.45, 2.75) is 11.1 Å². The van der Waals surface area contributed by atoms with Crippen molar-refractivity contribution in [3.05, 3.63) is 58.6 Å². The molecule has 0 spiro atoms. The summed E-state index contributed by atoms with van der Waals surface area (Å²) in [6.45, 7) is -0.859. The second kappa shape index (κ2) is 8.02. The fourth-order valence-electron chi connectivity index (χ4n) is 2.15. The number of anilines is 1. The molecule has 2 rings (SSSR count). The van der Waals surface area contributed by atoms with Crippen LogP contribution in [0.15, 0.2) is 41.3 Å². The highest BCUT2D eigenvalue weighted by atomic mass is 35.5. The maximum atomic E-state index is 13.7. The Morgan fingerprint density at radius 1 is 1.14 bits per heavy atom. The molecule has 0 heterocycles. The van der Waals surface area contributed by atoms with Gasteiger partial charge >= 0.3 is 6.18 Å². The van der Waals surface area contributed by atoms with Crippen LogP contribution >= 0.6 is 11.6 Å². The minimum Gasteiger partial charge on any atom is -0.325 e. The van der Waals surface area contributed by atoms with Gasteiger partial charge in [-0.2, -0.15) is 17.5 Å². The van der Waals surface area contributed by atoms with Crippen LogP contribution in [0.5, 0.6) is 0 Å². The highest BCUT2D eigenvalue weighted by molar-refractivity contribution is 7.89. The molecular weight excluding hydrogens is 431 g/mol. The number of nitrogens with zero attached hydrogens (tertiary/aromatic N) is 1. The van der Waals surface area contributed by atoms with Crippen molar-refractivity contribution in [1.29, 1.82) is 0 Å². The number of alkyl halides is 3. The highest BCUT2D eigenvalue weighted by Crippen LogP contribution is 2.36. The summed E-state index contributed by atoms with van der Waals surface area (Å²) in [5.41, 5.74) is -1.46. The molecule has 1 amide bonds. The van der Waals surface area contributed by atoms with Gasteiger partial charge in [0, 0.05) is 12.7 Å². The number of hydrogen-bond donors (Lipinski definition) is 1. The van der Waals surface area contributed by atoms with E-state index in [-0.39, 0.29) is 5.69 Å². The summed E-state index contributed by atoms with van der Waals surface area (Å²) in [7, 11) is -3.63. The zero-order valence-electron chi connectivity index (χ0n) is 14.0. The number of sulfonamides is 1. The molecule has 28 heavy (non-hydrogen) atoms. The van der Waals surface area contributed by atoms with Crippen LogP contribution in [0, 0.1) is 11.6 Å². The summed E-state index contributed by atoms with van der Waals surface area (Å²) in [5, 5.41) is 1.51. The van der Waals surface area contributed by atoms with Crippen LogP contribution < -0.4 is 5.32 Å². The van der Waals surface area contributed by atoms with Crippen molar-refractivity contribution in [2.75, 3.05) is 18.9 Å². The molecule has 0 fully saturated rings. The van der Waals surface area contributed by atoms with Crippen LogP contribution in [0.3, 0.4) is 0 Å². The average Bonchev–Trinajstić information content (AvgIpc) is 2.57. The van der Waals surface area contributed by atoms with Crippen molar-refractivity contribution < 1.29 is 35.2 Å². The number of rotatable bonds is 5. The molecule has 0 atom stereocenters. The number of hydrogen-bond acceptors (Lipinski definition) is 3. The molecule has 2 aromatic rings. The zero-order valence-corrected chi connectivity index (χ0v) is 15.6. The van der Waals surface area contributed by atoms with Crippen molar-refractivity contribution >= 4 is 33.2 Å². The number of carbonyl (C=O) groups excluding carboxylic acids is 1. The fraction of sp³-hybridized carbons (Fsp3) is 0.188. The molecular formula is C16H12ClF5N2O3S. The first-order valence-corrected chi connectivity index (χ1v) is 9.22.